The van der Waals surface area contributed by atoms with Crippen LogP contribution in [-0.4, -0.2) is 8.42 Å². The molecular weight excluding hydrogens is 284 g/mol. The number of aryl methyl sites for hydroxylation is 1. The number of nitrogens with two attached hydrogens (primary N) is 1. The van der Waals surface area contributed by atoms with Crippen LogP contribution in [0.1, 0.15) is 22.3 Å². The molecule has 0 spiro atoms. The number of sulfonamides is 1. The minimum atomic E-state index is -3.44. The predicted molar refractivity (Wildman–Crippen MR) is 86.5 cm³/mol. The molecule has 0 aliphatic carbocycles. The average Bonchev–Trinajstić information content (AvgIpc) is 2.43. The molecule has 0 saturated heterocycles. The zero-order valence-corrected chi connectivity index (χ0v) is 13.1. The molecule has 2 rings (SSSR count). The van der Waals surface area contributed by atoms with Gasteiger partial charge in [-0.1, -0.05) is 36.4 Å². The maximum Gasteiger partial charge on any atom is 0.236 e. The second kappa shape index (κ2) is 6.28. The Balaban J connectivity index is 2.20. The van der Waals surface area contributed by atoms with E-state index in [1.54, 1.807) is 12.1 Å². The molecule has 0 fully saturated rings. The summed E-state index contributed by atoms with van der Waals surface area (Å²) < 4.78 is 27.2. The Morgan fingerprint density at radius 1 is 1.05 bits per heavy atom. The Morgan fingerprint density at radius 2 is 1.71 bits per heavy atom. The molecule has 4 nitrogen and oxygen atoms in total. The van der Waals surface area contributed by atoms with Gasteiger partial charge in [-0.2, -0.15) is 0 Å². The fourth-order valence-electron chi connectivity index (χ4n) is 2.13. The van der Waals surface area contributed by atoms with Crippen LogP contribution in [0.15, 0.2) is 42.5 Å². The first-order valence-corrected chi connectivity index (χ1v) is 8.41. The minimum Gasteiger partial charge on any atom is -0.326 e. The first kappa shape index (κ1) is 15.5. The summed E-state index contributed by atoms with van der Waals surface area (Å²) in [4.78, 5) is 0. The van der Waals surface area contributed by atoms with E-state index >= 15 is 0 Å². The molecule has 21 heavy (non-hydrogen) atoms. The van der Waals surface area contributed by atoms with Crippen molar-refractivity contribution in [3.05, 3.63) is 64.7 Å². The Bertz CT molecular complexity index is 740. The molecule has 2 aromatic rings. The molecular formula is C16H20N2O2S. The second-order valence-electron chi connectivity index (χ2n) is 5.13. The van der Waals surface area contributed by atoms with Gasteiger partial charge in [-0.25, -0.2) is 8.42 Å². The van der Waals surface area contributed by atoms with Gasteiger partial charge in [0.2, 0.25) is 10.0 Å². The van der Waals surface area contributed by atoms with Crippen LogP contribution in [0.2, 0.25) is 0 Å². The first-order valence-electron chi connectivity index (χ1n) is 6.76. The number of hydrogen-bond donors (Lipinski definition) is 2. The maximum atomic E-state index is 12.3. The van der Waals surface area contributed by atoms with Crippen LogP contribution in [0.25, 0.3) is 0 Å². The van der Waals surface area contributed by atoms with Crippen molar-refractivity contribution in [1.29, 1.82) is 0 Å². The summed E-state index contributed by atoms with van der Waals surface area (Å²) in [6.45, 7) is 4.26. The lowest BCUT2D eigenvalue weighted by Crippen LogP contribution is -2.16. The van der Waals surface area contributed by atoms with Gasteiger partial charge in [0.15, 0.2) is 0 Å². The van der Waals surface area contributed by atoms with E-state index in [1.807, 2.05) is 44.2 Å². The summed E-state index contributed by atoms with van der Waals surface area (Å²) in [6.07, 6.45) is 0. The first-order chi connectivity index (χ1) is 9.91. The lowest BCUT2D eigenvalue weighted by molar-refractivity contribution is 0.600. The van der Waals surface area contributed by atoms with Gasteiger partial charge in [-0.3, -0.25) is 4.72 Å². The summed E-state index contributed by atoms with van der Waals surface area (Å²) in [5.41, 5.74) is 9.86. The van der Waals surface area contributed by atoms with Gasteiger partial charge < -0.3 is 5.73 Å². The van der Waals surface area contributed by atoms with Crippen molar-refractivity contribution in [3.63, 3.8) is 0 Å². The number of benzene rings is 2. The highest BCUT2D eigenvalue weighted by Gasteiger charge is 2.13. The van der Waals surface area contributed by atoms with Crippen molar-refractivity contribution in [1.82, 2.24) is 0 Å². The van der Waals surface area contributed by atoms with Crippen molar-refractivity contribution >= 4 is 15.7 Å². The van der Waals surface area contributed by atoms with Crippen molar-refractivity contribution in [3.8, 4) is 0 Å². The molecule has 3 N–H and O–H groups in total. The molecule has 0 aliphatic heterocycles. The standard InChI is InChI=1S/C16H20N2O2S/c1-12-5-3-8-16(13(12)2)18-21(19,20)11-15-7-4-6-14(9-15)10-17/h3-9,18H,10-11,17H2,1-2H3. The van der Waals surface area contributed by atoms with E-state index in [9.17, 15) is 8.42 Å². The van der Waals surface area contributed by atoms with E-state index in [0.29, 0.717) is 12.2 Å². The van der Waals surface area contributed by atoms with Gasteiger partial charge in [-0.05, 0) is 42.2 Å². The Hall–Kier alpha value is -1.85. The van der Waals surface area contributed by atoms with E-state index in [-0.39, 0.29) is 5.75 Å². The zero-order valence-electron chi connectivity index (χ0n) is 12.3. The third-order valence-corrected chi connectivity index (χ3v) is 4.70. The van der Waals surface area contributed by atoms with E-state index in [4.69, 9.17) is 5.73 Å². The molecule has 0 heterocycles. The van der Waals surface area contributed by atoms with Gasteiger partial charge >= 0.3 is 0 Å². The highest BCUT2D eigenvalue weighted by atomic mass is 32.2. The summed E-state index contributed by atoms with van der Waals surface area (Å²) in [5.74, 6) is -0.0613. The van der Waals surface area contributed by atoms with Gasteiger partial charge in [-0.15, -0.1) is 0 Å². The number of anilines is 1. The molecule has 5 heteroatoms. The topological polar surface area (TPSA) is 72.2 Å². The fraction of sp³-hybridized carbons (Fsp3) is 0.250. The van der Waals surface area contributed by atoms with Crippen molar-refractivity contribution in [2.75, 3.05) is 4.72 Å². The quantitative estimate of drug-likeness (QED) is 0.892. The monoisotopic (exact) mass is 304 g/mol. The van der Waals surface area contributed by atoms with Crippen LogP contribution in [0.5, 0.6) is 0 Å². The number of rotatable bonds is 5. The van der Waals surface area contributed by atoms with Gasteiger partial charge in [0.25, 0.3) is 0 Å². The van der Waals surface area contributed by atoms with Crippen LogP contribution >= 0.6 is 0 Å². The van der Waals surface area contributed by atoms with Crippen LogP contribution in [-0.2, 0) is 22.3 Å². The van der Waals surface area contributed by atoms with Gasteiger partial charge in [0.1, 0.15) is 0 Å². The molecule has 0 radical (unpaired) electrons. The Kier molecular flexibility index (Phi) is 4.65. The zero-order chi connectivity index (χ0) is 15.5. The summed E-state index contributed by atoms with van der Waals surface area (Å²) in [5, 5.41) is 0. The smallest absolute Gasteiger partial charge is 0.236 e. The SMILES string of the molecule is Cc1cccc(NS(=O)(=O)Cc2cccc(CN)c2)c1C. The maximum absolute atomic E-state index is 12.3. The van der Waals surface area contributed by atoms with E-state index in [1.165, 1.54) is 0 Å². The van der Waals surface area contributed by atoms with Crippen molar-refractivity contribution in [2.24, 2.45) is 5.73 Å². The minimum absolute atomic E-state index is 0.0613. The molecule has 0 saturated carbocycles. The Labute approximate surface area is 126 Å². The largest absolute Gasteiger partial charge is 0.326 e. The molecule has 0 bridgehead atoms. The third kappa shape index (κ3) is 4.06. The van der Waals surface area contributed by atoms with E-state index in [0.717, 1.165) is 22.3 Å². The number of nitrogens with one attached hydrogen (secondary N) is 1. The molecule has 112 valence electrons. The summed E-state index contributed by atoms with van der Waals surface area (Å²) in [7, 11) is -3.44. The fourth-order valence-corrected chi connectivity index (χ4v) is 3.38. The molecule has 0 amide bonds. The lowest BCUT2D eigenvalue weighted by atomic mass is 10.1. The molecule has 0 atom stereocenters. The second-order valence-corrected chi connectivity index (χ2v) is 6.85. The highest BCUT2D eigenvalue weighted by molar-refractivity contribution is 7.91. The molecule has 0 aromatic heterocycles. The van der Waals surface area contributed by atoms with Crippen LogP contribution in [0, 0.1) is 13.8 Å². The van der Waals surface area contributed by atoms with E-state index < -0.39 is 10.0 Å². The van der Waals surface area contributed by atoms with E-state index in [2.05, 4.69) is 4.72 Å². The normalized spacial score (nSPS) is 11.4. The summed E-state index contributed by atoms with van der Waals surface area (Å²) in [6, 6.07) is 12.9. The third-order valence-electron chi connectivity index (χ3n) is 3.45. The summed E-state index contributed by atoms with van der Waals surface area (Å²) >= 11 is 0. The molecule has 2 aromatic carbocycles. The van der Waals surface area contributed by atoms with Crippen molar-refractivity contribution in [2.45, 2.75) is 26.1 Å². The average molecular weight is 304 g/mol. The molecule has 0 unspecified atom stereocenters. The van der Waals surface area contributed by atoms with Crippen LogP contribution in [0.4, 0.5) is 5.69 Å². The van der Waals surface area contributed by atoms with Crippen LogP contribution < -0.4 is 10.5 Å². The van der Waals surface area contributed by atoms with Crippen molar-refractivity contribution < 1.29 is 8.42 Å². The van der Waals surface area contributed by atoms with Gasteiger partial charge in [0.05, 0.1) is 11.4 Å². The highest BCUT2D eigenvalue weighted by Crippen LogP contribution is 2.20. The van der Waals surface area contributed by atoms with Gasteiger partial charge in [0, 0.05) is 6.54 Å². The molecule has 0 aliphatic rings. The van der Waals surface area contributed by atoms with Crippen LogP contribution in [0.3, 0.4) is 0 Å². The Morgan fingerprint density at radius 3 is 2.43 bits per heavy atom. The predicted octanol–water partition coefficient (Wildman–Crippen LogP) is 2.70. The lowest BCUT2D eigenvalue weighted by Gasteiger charge is -2.12. The number of hydrogen-bond acceptors (Lipinski definition) is 3.